The molecule has 0 aliphatic heterocycles. The average molecular weight is 285 g/mol. The fourth-order valence-corrected chi connectivity index (χ4v) is 2.09. The van der Waals surface area contributed by atoms with Crippen LogP contribution in [0.3, 0.4) is 0 Å². The summed E-state index contributed by atoms with van der Waals surface area (Å²) in [6, 6.07) is 0. The van der Waals surface area contributed by atoms with E-state index in [2.05, 4.69) is 34.9 Å². The summed E-state index contributed by atoms with van der Waals surface area (Å²) in [5, 5.41) is 0. The molecule has 0 atom stereocenters. The fourth-order valence-electron chi connectivity index (χ4n) is 2.09. The molecule has 0 aliphatic carbocycles. The zero-order valence-electron chi connectivity index (χ0n) is 10.5. The summed E-state index contributed by atoms with van der Waals surface area (Å²) in [5.41, 5.74) is 12.4. The Kier molecular flexibility index (Phi) is 2.03. The molecule has 11 nitrogen and oxygen atoms in total. The van der Waals surface area contributed by atoms with E-state index in [0.29, 0.717) is 22.9 Å². The first kappa shape index (κ1) is 11.3. The van der Waals surface area contributed by atoms with Crippen molar-refractivity contribution in [3.8, 4) is 5.95 Å². The van der Waals surface area contributed by atoms with E-state index in [4.69, 9.17) is 11.5 Å². The number of nitrogens with one attached hydrogen (secondary N) is 3. The van der Waals surface area contributed by atoms with Crippen LogP contribution in [-0.2, 0) is 0 Å². The molecule has 0 unspecified atom stereocenters. The van der Waals surface area contributed by atoms with Gasteiger partial charge in [0.2, 0.25) is 11.6 Å². The molecule has 104 valence electrons. The van der Waals surface area contributed by atoms with E-state index in [9.17, 15) is 4.79 Å². The van der Waals surface area contributed by atoms with Crippen LogP contribution in [0.4, 0.5) is 11.8 Å². The minimum atomic E-state index is -0.397. The monoisotopic (exact) mass is 285 g/mol. The van der Waals surface area contributed by atoms with E-state index in [1.807, 2.05) is 0 Å². The number of aromatic amines is 3. The van der Waals surface area contributed by atoms with Crippen LogP contribution in [0.15, 0.2) is 17.4 Å². The Morgan fingerprint density at radius 3 is 2.81 bits per heavy atom. The second-order valence-electron chi connectivity index (χ2n) is 4.31. The zero-order valence-corrected chi connectivity index (χ0v) is 10.5. The summed E-state index contributed by atoms with van der Waals surface area (Å²) in [5.74, 6) is 0.675. The minimum Gasteiger partial charge on any atom is -0.381 e. The Labute approximate surface area is 115 Å². The molecular weight excluding hydrogens is 276 g/mol. The van der Waals surface area contributed by atoms with Crippen molar-refractivity contribution in [1.29, 1.82) is 0 Å². The van der Waals surface area contributed by atoms with Crippen molar-refractivity contribution >= 4 is 34.1 Å². The predicted octanol–water partition coefficient (Wildman–Crippen LogP) is -1.64. The largest absolute Gasteiger partial charge is 0.381 e. The zero-order chi connectivity index (χ0) is 14.6. The van der Waals surface area contributed by atoms with Gasteiger partial charge >= 0.3 is 5.95 Å². The number of aromatic nitrogens is 8. The van der Waals surface area contributed by atoms with Gasteiger partial charge in [-0.1, -0.05) is 0 Å². The fraction of sp³-hybridized carbons (Fsp3) is 0. The summed E-state index contributed by atoms with van der Waals surface area (Å²) in [7, 11) is 0. The van der Waals surface area contributed by atoms with E-state index in [1.165, 1.54) is 6.33 Å². The summed E-state index contributed by atoms with van der Waals surface area (Å²) in [4.78, 5) is 36.2. The van der Waals surface area contributed by atoms with Gasteiger partial charge in [0.1, 0.15) is 0 Å². The molecule has 0 aliphatic rings. The third-order valence-electron chi connectivity index (χ3n) is 3.02. The molecule has 0 saturated heterocycles. The normalized spacial score (nSPS) is 11.4. The maximum absolute atomic E-state index is 11.8. The van der Waals surface area contributed by atoms with Crippen LogP contribution in [0.2, 0.25) is 0 Å². The van der Waals surface area contributed by atoms with Gasteiger partial charge < -0.3 is 11.5 Å². The first-order valence-corrected chi connectivity index (χ1v) is 5.88. The van der Waals surface area contributed by atoms with Crippen LogP contribution in [0.1, 0.15) is 0 Å². The van der Waals surface area contributed by atoms with Gasteiger partial charge in [-0.3, -0.25) is 19.7 Å². The van der Waals surface area contributed by atoms with E-state index in [1.54, 1.807) is 10.9 Å². The van der Waals surface area contributed by atoms with Crippen LogP contribution >= 0.6 is 0 Å². The van der Waals surface area contributed by atoms with Crippen molar-refractivity contribution in [3.63, 3.8) is 0 Å². The molecule has 0 radical (unpaired) electrons. The molecule has 4 rings (SSSR count). The van der Waals surface area contributed by atoms with Crippen LogP contribution in [0.25, 0.3) is 28.3 Å². The second-order valence-corrected chi connectivity index (χ2v) is 4.31. The third kappa shape index (κ3) is 1.54. The highest BCUT2D eigenvalue weighted by Crippen LogP contribution is 2.12. The summed E-state index contributed by atoms with van der Waals surface area (Å²) >= 11 is 0. The van der Waals surface area contributed by atoms with E-state index in [-0.39, 0.29) is 17.1 Å². The summed E-state index contributed by atoms with van der Waals surface area (Å²) in [6.07, 6.45) is 2.94. The number of anilines is 2. The first-order chi connectivity index (χ1) is 10.1. The van der Waals surface area contributed by atoms with Crippen molar-refractivity contribution in [2.45, 2.75) is 0 Å². The van der Waals surface area contributed by atoms with Gasteiger partial charge in [0.15, 0.2) is 29.5 Å². The molecule has 0 amide bonds. The standard InChI is InChI=1S/C10H8N10O/c11-5-3-7(14-1-13-5)20(2-15-3)10-16-4-6(18-10)17-9(12)19-8(4)21/h1-2H,(H6,11,12,13,14,16,17,18,19,21)/p+1. The second kappa shape index (κ2) is 3.75. The average Bonchev–Trinajstić information content (AvgIpc) is 3.02. The predicted molar refractivity (Wildman–Crippen MR) is 72.3 cm³/mol. The Morgan fingerprint density at radius 1 is 1.10 bits per heavy atom. The molecule has 7 N–H and O–H groups in total. The lowest BCUT2D eigenvalue weighted by Crippen LogP contribution is -2.31. The third-order valence-corrected chi connectivity index (χ3v) is 3.02. The van der Waals surface area contributed by atoms with Crippen molar-refractivity contribution in [2.75, 3.05) is 11.5 Å². The lowest BCUT2D eigenvalue weighted by molar-refractivity contribution is -0.576. The Hall–Kier alpha value is -3.50. The van der Waals surface area contributed by atoms with Crippen LogP contribution < -0.4 is 21.6 Å². The molecule has 4 aromatic rings. The molecule has 0 bridgehead atoms. The minimum absolute atomic E-state index is 0.000969. The maximum atomic E-state index is 11.8. The number of rotatable bonds is 1. The number of H-pyrrole nitrogens is 3. The number of imidazole rings is 2. The van der Waals surface area contributed by atoms with Gasteiger partial charge in [-0.15, -0.1) is 9.97 Å². The van der Waals surface area contributed by atoms with Crippen molar-refractivity contribution in [2.24, 2.45) is 0 Å². The Morgan fingerprint density at radius 2 is 1.95 bits per heavy atom. The molecule has 4 heterocycles. The van der Waals surface area contributed by atoms with Crippen LogP contribution in [-0.4, -0.2) is 34.9 Å². The SMILES string of the molecule is Nc1nc2nc(-[n+]3c[nH]c4c(N)ncnc43)[nH]c2c(=O)[nH]1. The molecule has 11 heteroatoms. The highest BCUT2D eigenvalue weighted by Gasteiger charge is 2.20. The molecule has 0 aromatic carbocycles. The number of nitrogens with zero attached hydrogens (tertiary/aromatic N) is 5. The Bertz CT molecular complexity index is 1040. The first-order valence-electron chi connectivity index (χ1n) is 5.88. The van der Waals surface area contributed by atoms with Gasteiger partial charge in [-0.05, 0) is 0 Å². The lowest BCUT2D eigenvalue weighted by Gasteiger charge is -1.91. The van der Waals surface area contributed by atoms with Crippen LogP contribution in [0.5, 0.6) is 0 Å². The molecular formula is C10H9N10O+. The maximum Gasteiger partial charge on any atom is 0.332 e. The lowest BCUT2D eigenvalue weighted by atomic mass is 10.5. The van der Waals surface area contributed by atoms with Gasteiger partial charge in [0.05, 0.1) is 0 Å². The quantitative estimate of drug-likeness (QED) is 0.261. The van der Waals surface area contributed by atoms with Crippen molar-refractivity contribution in [1.82, 2.24) is 34.9 Å². The molecule has 0 spiro atoms. The number of nitrogens with two attached hydrogens (primary N) is 2. The van der Waals surface area contributed by atoms with Gasteiger partial charge in [-0.25, -0.2) is 4.98 Å². The van der Waals surface area contributed by atoms with Gasteiger partial charge in [-0.2, -0.15) is 9.55 Å². The smallest absolute Gasteiger partial charge is 0.332 e. The van der Waals surface area contributed by atoms with E-state index < -0.39 is 5.56 Å². The van der Waals surface area contributed by atoms with Crippen molar-refractivity contribution in [3.05, 3.63) is 23.0 Å². The van der Waals surface area contributed by atoms with E-state index >= 15 is 0 Å². The summed E-state index contributed by atoms with van der Waals surface area (Å²) < 4.78 is 1.60. The molecule has 21 heavy (non-hydrogen) atoms. The van der Waals surface area contributed by atoms with Crippen LogP contribution in [0, 0.1) is 0 Å². The number of hydrogen-bond acceptors (Lipinski definition) is 7. The number of nitrogen functional groups attached to an aromatic ring is 2. The molecule has 4 aromatic heterocycles. The highest BCUT2D eigenvalue weighted by molar-refractivity contribution is 5.78. The van der Waals surface area contributed by atoms with Crippen molar-refractivity contribution < 1.29 is 4.57 Å². The van der Waals surface area contributed by atoms with Gasteiger partial charge in [0, 0.05) is 0 Å². The number of hydrogen-bond donors (Lipinski definition) is 5. The Balaban J connectivity index is 2.03. The number of fused-ring (bicyclic) bond motifs is 2. The van der Waals surface area contributed by atoms with Gasteiger partial charge in [0.25, 0.3) is 11.2 Å². The highest BCUT2D eigenvalue weighted by atomic mass is 16.1. The molecule has 0 fully saturated rings. The topological polar surface area (TPSA) is 172 Å². The molecule has 0 saturated carbocycles. The van der Waals surface area contributed by atoms with E-state index in [0.717, 1.165) is 0 Å². The summed E-state index contributed by atoms with van der Waals surface area (Å²) in [6.45, 7) is 0.